The van der Waals surface area contributed by atoms with Gasteiger partial charge in [-0.15, -0.1) is 0 Å². The molecule has 0 atom stereocenters. The Morgan fingerprint density at radius 3 is 2.22 bits per heavy atom. The van der Waals surface area contributed by atoms with E-state index in [0.717, 1.165) is 42.6 Å². The lowest BCUT2D eigenvalue weighted by Crippen LogP contribution is -2.53. The predicted molar refractivity (Wildman–Crippen MR) is 122 cm³/mol. The fraction of sp³-hybridized carbons (Fsp3) is 0.640. The molecule has 4 aliphatic rings. The molecule has 174 valence electrons. The summed E-state index contributed by atoms with van der Waals surface area (Å²) >= 11 is 0. The molecule has 0 aromatic heterocycles. The first kappa shape index (κ1) is 22.6. The summed E-state index contributed by atoms with van der Waals surface area (Å²) in [6.45, 7) is 5.56. The molecule has 0 heterocycles. The van der Waals surface area contributed by atoms with E-state index in [1.807, 2.05) is 18.2 Å². The zero-order chi connectivity index (χ0) is 22.9. The van der Waals surface area contributed by atoms with Crippen LogP contribution in [0, 0.1) is 23.2 Å². The minimum absolute atomic E-state index is 0.159. The summed E-state index contributed by atoms with van der Waals surface area (Å²) in [5.41, 5.74) is 0.784. The number of ether oxygens (including phenoxy) is 1. The Balaban J connectivity index is 1.27. The van der Waals surface area contributed by atoms with Crippen LogP contribution < -0.4 is 16.0 Å². The number of rotatable bonds is 6. The minimum atomic E-state index is -0.631. The average Bonchev–Trinajstić information content (AvgIpc) is 2.68. The third-order valence-corrected chi connectivity index (χ3v) is 6.98. The molecule has 4 saturated carbocycles. The van der Waals surface area contributed by atoms with E-state index in [-0.39, 0.29) is 23.8 Å². The Bertz CT molecular complexity index is 854. The average molecular weight is 442 g/mol. The molecule has 32 heavy (non-hydrogen) atoms. The summed E-state index contributed by atoms with van der Waals surface area (Å²) in [7, 11) is 0. The molecule has 7 heteroatoms. The van der Waals surface area contributed by atoms with Gasteiger partial charge in [0.2, 0.25) is 11.8 Å². The summed E-state index contributed by atoms with van der Waals surface area (Å²) in [4.78, 5) is 37.0. The number of alkyl carbamates (subject to hydrolysis) is 1. The lowest BCUT2D eigenvalue weighted by molar-refractivity contribution is -0.146. The number of anilines is 1. The number of benzene rings is 1. The Morgan fingerprint density at radius 1 is 1.00 bits per heavy atom. The van der Waals surface area contributed by atoms with Crippen molar-refractivity contribution < 1.29 is 19.1 Å². The molecule has 0 radical (unpaired) electrons. The maximum Gasteiger partial charge on any atom is 0.408 e. The topological polar surface area (TPSA) is 96.5 Å². The zero-order valence-corrected chi connectivity index (χ0v) is 19.3. The van der Waals surface area contributed by atoms with Crippen molar-refractivity contribution in [3.05, 3.63) is 29.8 Å². The van der Waals surface area contributed by atoms with E-state index in [0.29, 0.717) is 12.2 Å². The van der Waals surface area contributed by atoms with Crippen LogP contribution in [-0.4, -0.2) is 30.1 Å². The molecule has 1 aromatic carbocycles. The normalized spacial score (nSPS) is 28.2. The Morgan fingerprint density at radius 2 is 1.62 bits per heavy atom. The number of amides is 3. The SMILES string of the molecule is CC(C)(C)OC(=O)NCC(=O)Nc1cccc(CNC(=O)C23CC4CC(CC(C4)C2)C3)c1. The van der Waals surface area contributed by atoms with Crippen molar-refractivity contribution >= 4 is 23.6 Å². The van der Waals surface area contributed by atoms with Crippen molar-refractivity contribution in [3.63, 3.8) is 0 Å². The van der Waals surface area contributed by atoms with E-state index < -0.39 is 11.7 Å². The van der Waals surface area contributed by atoms with E-state index in [4.69, 9.17) is 4.74 Å². The van der Waals surface area contributed by atoms with E-state index >= 15 is 0 Å². The van der Waals surface area contributed by atoms with Crippen LogP contribution >= 0.6 is 0 Å². The quantitative estimate of drug-likeness (QED) is 0.622. The maximum absolute atomic E-state index is 13.1. The van der Waals surface area contributed by atoms with Gasteiger partial charge in [-0.3, -0.25) is 9.59 Å². The third-order valence-electron chi connectivity index (χ3n) is 6.98. The fourth-order valence-electron chi connectivity index (χ4n) is 6.19. The summed E-state index contributed by atoms with van der Waals surface area (Å²) in [6.07, 6.45) is 6.46. The third kappa shape index (κ3) is 5.43. The van der Waals surface area contributed by atoms with E-state index in [1.165, 1.54) is 19.3 Å². The van der Waals surface area contributed by atoms with Crippen LogP contribution in [0.2, 0.25) is 0 Å². The van der Waals surface area contributed by atoms with Gasteiger partial charge in [-0.05, 0) is 94.7 Å². The van der Waals surface area contributed by atoms with Crippen LogP contribution in [0.15, 0.2) is 24.3 Å². The van der Waals surface area contributed by atoms with Crippen LogP contribution in [0.5, 0.6) is 0 Å². The van der Waals surface area contributed by atoms with Crippen molar-refractivity contribution in [3.8, 4) is 0 Å². The van der Waals surface area contributed by atoms with Gasteiger partial charge >= 0.3 is 6.09 Å². The maximum atomic E-state index is 13.1. The molecule has 0 spiro atoms. The highest BCUT2D eigenvalue weighted by Gasteiger charge is 2.54. The molecule has 4 aliphatic carbocycles. The van der Waals surface area contributed by atoms with E-state index in [1.54, 1.807) is 26.8 Å². The second kappa shape index (κ2) is 8.75. The molecule has 0 aliphatic heterocycles. The van der Waals surface area contributed by atoms with Gasteiger partial charge in [0.15, 0.2) is 0 Å². The molecule has 0 saturated heterocycles. The number of nitrogens with one attached hydrogen (secondary N) is 3. The predicted octanol–water partition coefficient (Wildman–Crippen LogP) is 3.98. The monoisotopic (exact) mass is 441 g/mol. The van der Waals surface area contributed by atoms with Gasteiger partial charge in [0.25, 0.3) is 0 Å². The Hall–Kier alpha value is -2.57. The van der Waals surface area contributed by atoms with Crippen LogP contribution in [-0.2, 0) is 20.9 Å². The summed E-state index contributed by atoms with van der Waals surface area (Å²) in [5, 5.41) is 8.39. The Kier molecular flexibility index (Phi) is 6.19. The molecule has 3 amide bonds. The largest absolute Gasteiger partial charge is 0.444 e. The van der Waals surface area contributed by atoms with Gasteiger partial charge in [0.05, 0.1) is 0 Å². The van der Waals surface area contributed by atoms with Crippen molar-refractivity contribution in [2.75, 3.05) is 11.9 Å². The van der Waals surface area contributed by atoms with Crippen LogP contribution in [0.4, 0.5) is 10.5 Å². The highest BCUT2D eigenvalue weighted by Crippen LogP contribution is 2.60. The van der Waals surface area contributed by atoms with Crippen molar-refractivity contribution in [1.29, 1.82) is 0 Å². The van der Waals surface area contributed by atoms with Gasteiger partial charge in [0, 0.05) is 17.6 Å². The second-order valence-corrected chi connectivity index (χ2v) is 11.0. The Labute approximate surface area is 190 Å². The summed E-state index contributed by atoms with van der Waals surface area (Å²) in [5.74, 6) is 2.07. The highest BCUT2D eigenvalue weighted by molar-refractivity contribution is 5.94. The van der Waals surface area contributed by atoms with Crippen molar-refractivity contribution in [1.82, 2.24) is 10.6 Å². The van der Waals surface area contributed by atoms with Crippen molar-refractivity contribution in [2.45, 2.75) is 71.4 Å². The van der Waals surface area contributed by atoms with Gasteiger partial charge in [0.1, 0.15) is 12.1 Å². The van der Waals surface area contributed by atoms with Crippen LogP contribution in [0.1, 0.15) is 64.9 Å². The van der Waals surface area contributed by atoms with Gasteiger partial charge in [-0.25, -0.2) is 4.79 Å². The lowest BCUT2D eigenvalue weighted by atomic mass is 9.49. The van der Waals surface area contributed by atoms with Gasteiger partial charge < -0.3 is 20.7 Å². The zero-order valence-electron chi connectivity index (χ0n) is 19.3. The lowest BCUT2D eigenvalue weighted by Gasteiger charge is -2.55. The summed E-state index contributed by atoms with van der Waals surface area (Å²) in [6, 6.07) is 7.43. The van der Waals surface area contributed by atoms with Crippen LogP contribution in [0.3, 0.4) is 0 Å². The van der Waals surface area contributed by atoms with E-state index in [9.17, 15) is 14.4 Å². The molecule has 4 fully saturated rings. The number of hydrogen-bond acceptors (Lipinski definition) is 4. The number of carbonyl (C=O) groups is 3. The van der Waals surface area contributed by atoms with Crippen LogP contribution in [0.25, 0.3) is 0 Å². The summed E-state index contributed by atoms with van der Waals surface area (Å²) < 4.78 is 5.13. The molecule has 1 aromatic rings. The number of hydrogen-bond donors (Lipinski definition) is 3. The molecular weight excluding hydrogens is 406 g/mol. The van der Waals surface area contributed by atoms with E-state index in [2.05, 4.69) is 16.0 Å². The molecule has 0 unspecified atom stereocenters. The second-order valence-electron chi connectivity index (χ2n) is 11.0. The first-order chi connectivity index (χ1) is 15.1. The molecule has 5 rings (SSSR count). The highest BCUT2D eigenvalue weighted by atomic mass is 16.6. The fourth-order valence-corrected chi connectivity index (χ4v) is 6.19. The smallest absolute Gasteiger partial charge is 0.408 e. The number of carbonyl (C=O) groups excluding carboxylic acids is 3. The van der Waals surface area contributed by atoms with Gasteiger partial charge in [-0.1, -0.05) is 12.1 Å². The molecular formula is C25H35N3O4. The molecule has 4 bridgehead atoms. The first-order valence-corrected chi connectivity index (χ1v) is 11.7. The molecule has 3 N–H and O–H groups in total. The minimum Gasteiger partial charge on any atom is -0.444 e. The van der Waals surface area contributed by atoms with Gasteiger partial charge in [-0.2, -0.15) is 0 Å². The van der Waals surface area contributed by atoms with Crippen molar-refractivity contribution in [2.24, 2.45) is 23.2 Å². The molecule has 7 nitrogen and oxygen atoms in total. The first-order valence-electron chi connectivity index (χ1n) is 11.7. The standard InChI is InChI=1S/C25H35N3O4/c1-24(2,3)32-23(31)27-15-21(29)28-20-6-4-5-16(10-20)14-26-22(30)25-11-17-7-18(12-25)9-19(8-17)13-25/h4-6,10,17-19H,7-9,11-15H2,1-3H3,(H,26,30)(H,27,31)(H,28,29).